The smallest absolute Gasteiger partial charge is 0.319 e. The van der Waals surface area contributed by atoms with Crippen LogP contribution in [0.15, 0.2) is 60.7 Å². The molecule has 5 nitrogen and oxygen atoms in total. The molecule has 0 aromatic heterocycles. The Bertz CT molecular complexity index is 718. The van der Waals surface area contributed by atoms with Gasteiger partial charge in [-0.2, -0.15) is 0 Å². The molecule has 2 atom stereocenters. The van der Waals surface area contributed by atoms with Crippen molar-refractivity contribution in [3.63, 3.8) is 0 Å². The highest BCUT2D eigenvalue weighted by Gasteiger charge is 2.33. The SMILES string of the molecule is CC(=O)S[C@H](C(=O)O)[C@@H](NC(=O)c1ccccc1)c1ccccc1. The lowest BCUT2D eigenvalue weighted by Gasteiger charge is -2.24. The van der Waals surface area contributed by atoms with Crippen molar-refractivity contribution >= 4 is 28.8 Å². The first-order chi connectivity index (χ1) is 11.5. The van der Waals surface area contributed by atoms with Gasteiger partial charge in [-0.1, -0.05) is 60.3 Å². The zero-order valence-corrected chi connectivity index (χ0v) is 13.8. The summed E-state index contributed by atoms with van der Waals surface area (Å²) in [6, 6.07) is 16.5. The van der Waals surface area contributed by atoms with Gasteiger partial charge >= 0.3 is 5.97 Å². The van der Waals surface area contributed by atoms with E-state index in [9.17, 15) is 19.5 Å². The van der Waals surface area contributed by atoms with Gasteiger partial charge in [0.1, 0.15) is 5.25 Å². The maximum Gasteiger partial charge on any atom is 0.319 e. The average Bonchev–Trinajstić information content (AvgIpc) is 2.59. The molecule has 0 aliphatic heterocycles. The lowest BCUT2D eigenvalue weighted by molar-refractivity contribution is -0.137. The van der Waals surface area contributed by atoms with Gasteiger partial charge in [-0.25, -0.2) is 0 Å². The fourth-order valence-corrected chi connectivity index (χ4v) is 3.07. The van der Waals surface area contributed by atoms with Crippen LogP contribution in [0.3, 0.4) is 0 Å². The van der Waals surface area contributed by atoms with Crippen molar-refractivity contribution in [1.82, 2.24) is 5.32 Å². The molecule has 0 saturated heterocycles. The van der Waals surface area contributed by atoms with Crippen LogP contribution in [-0.4, -0.2) is 27.3 Å². The quantitative estimate of drug-likeness (QED) is 0.842. The van der Waals surface area contributed by atoms with E-state index in [0.717, 1.165) is 0 Å². The van der Waals surface area contributed by atoms with Crippen molar-refractivity contribution in [2.24, 2.45) is 0 Å². The summed E-state index contributed by atoms with van der Waals surface area (Å²) in [6.45, 7) is 1.31. The Morgan fingerprint density at radius 3 is 2.00 bits per heavy atom. The molecule has 2 aromatic carbocycles. The maximum absolute atomic E-state index is 12.4. The first-order valence-electron chi connectivity index (χ1n) is 7.30. The predicted molar refractivity (Wildman–Crippen MR) is 92.8 cm³/mol. The van der Waals surface area contributed by atoms with Crippen molar-refractivity contribution in [1.29, 1.82) is 0 Å². The van der Waals surface area contributed by atoms with Gasteiger partial charge in [0.15, 0.2) is 5.12 Å². The van der Waals surface area contributed by atoms with E-state index in [4.69, 9.17) is 0 Å². The van der Waals surface area contributed by atoms with Crippen LogP contribution in [0.2, 0.25) is 0 Å². The zero-order valence-electron chi connectivity index (χ0n) is 13.0. The number of carbonyl (C=O) groups excluding carboxylic acids is 2. The first-order valence-corrected chi connectivity index (χ1v) is 8.18. The average molecular weight is 343 g/mol. The van der Waals surface area contributed by atoms with Crippen molar-refractivity contribution < 1.29 is 19.5 Å². The number of benzene rings is 2. The van der Waals surface area contributed by atoms with Crippen molar-refractivity contribution in [3.8, 4) is 0 Å². The normalized spacial score (nSPS) is 12.9. The number of hydrogen-bond donors (Lipinski definition) is 2. The number of carboxylic acid groups (broad SMARTS) is 1. The van der Waals surface area contributed by atoms with E-state index in [-0.39, 0.29) is 11.0 Å². The van der Waals surface area contributed by atoms with Gasteiger partial charge in [0.2, 0.25) is 0 Å². The second-order valence-corrected chi connectivity index (χ2v) is 6.41. The second-order valence-electron chi connectivity index (χ2n) is 5.10. The fourth-order valence-electron chi connectivity index (χ4n) is 2.25. The largest absolute Gasteiger partial charge is 0.480 e. The van der Waals surface area contributed by atoms with E-state index in [1.54, 1.807) is 60.7 Å². The minimum absolute atomic E-state index is 0.322. The lowest BCUT2D eigenvalue weighted by atomic mass is 10.0. The third-order valence-electron chi connectivity index (χ3n) is 3.32. The van der Waals surface area contributed by atoms with Crippen LogP contribution in [0.5, 0.6) is 0 Å². The molecule has 0 aliphatic carbocycles. The highest BCUT2D eigenvalue weighted by molar-refractivity contribution is 8.14. The van der Waals surface area contributed by atoms with E-state index in [1.807, 2.05) is 0 Å². The molecule has 0 unspecified atom stereocenters. The molecular formula is C18H17NO4S. The summed E-state index contributed by atoms with van der Waals surface area (Å²) in [7, 11) is 0. The molecule has 0 radical (unpaired) electrons. The molecule has 0 aliphatic rings. The highest BCUT2D eigenvalue weighted by atomic mass is 32.2. The molecule has 2 aromatic rings. The molecule has 0 bridgehead atoms. The van der Waals surface area contributed by atoms with Gasteiger partial charge < -0.3 is 10.4 Å². The van der Waals surface area contributed by atoms with E-state index >= 15 is 0 Å². The summed E-state index contributed by atoms with van der Waals surface area (Å²) >= 11 is 0.695. The van der Waals surface area contributed by atoms with Crippen LogP contribution in [0.25, 0.3) is 0 Å². The third-order valence-corrected chi connectivity index (χ3v) is 4.38. The number of amides is 1. The maximum atomic E-state index is 12.4. The molecule has 24 heavy (non-hydrogen) atoms. The Labute approximate surface area is 144 Å². The van der Waals surface area contributed by atoms with Gasteiger partial charge in [-0.15, -0.1) is 0 Å². The molecule has 0 fully saturated rings. The number of rotatable bonds is 6. The molecule has 0 spiro atoms. The molecule has 6 heteroatoms. The Morgan fingerprint density at radius 2 is 1.50 bits per heavy atom. The monoisotopic (exact) mass is 343 g/mol. The molecule has 1 amide bonds. The molecule has 2 rings (SSSR count). The van der Waals surface area contributed by atoms with Crippen LogP contribution >= 0.6 is 11.8 Å². The Hall–Kier alpha value is -2.60. The number of aliphatic carboxylic acids is 1. The van der Waals surface area contributed by atoms with Crippen LogP contribution in [0.1, 0.15) is 28.9 Å². The summed E-state index contributed by atoms with van der Waals surface area (Å²) in [5, 5.41) is 10.8. The standard InChI is InChI=1S/C18H17NO4S/c1-12(20)24-16(18(22)23)15(13-8-4-2-5-9-13)19-17(21)14-10-6-3-7-11-14/h2-11,15-16H,1H3,(H,19,21)(H,22,23)/t15-,16-/m0/s1. The predicted octanol–water partition coefficient (Wildman–Crippen LogP) is 2.89. The third kappa shape index (κ3) is 4.70. The van der Waals surface area contributed by atoms with E-state index in [0.29, 0.717) is 22.9 Å². The van der Waals surface area contributed by atoms with Gasteiger partial charge in [0.05, 0.1) is 6.04 Å². The lowest BCUT2D eigenvalue weighted by Crippen LogP contribution is -2.39. The van der Waals surface area contributed by atoms with E-state index in [2.05, 4.69) is 5.32 Å². The van der Waals surface area contributed by atoms with Gasteiger partial charge in [-0.3, -0.25) is 14.4 Å². The van der Waals surface area contributed by atoms with Gasteiger partial charge in [-0.05, 0) is 17.7 Å². The van der Waals surface area contributed by atoms with Crippen LogP contribution in [0.4, 0.5) is 0 Å². The van der Waals surface area contributed by atoms with Crippen LogP contribution < -0.4 is 5.32 Å². The number of carboxylic acids is 1. The molecule has 2 N–H and O–H groups in total. The Kier molecular flexibility index (Phi) is 6.14. The summed E-state index contributed by atoms with van der Waals surface area (Å²) in [5.74, 6) is -1.54. The summed E-state index contributed by atoms with van der Waals surface area (Å²) < 4.78 is 0. The topological polar surface area (TPSA) is 83.5 Å². The van der Waals surface area contributed by atoms with Gasteiger partial charge in [0.25, 0.3) is 5.91 Å². The van der Waals surface area contributed by atoms with Crippen molar-refractivity contribution in [3.05, 3.63) is 71.8 Å². The molecule has 0 heterocycles. The van der Waals surface area contributed by atoms with E-state index < -0.39 is 17.3 Å². The number of thioether (sulfide) groups is 1. The summed E-state index contributed by atoms with van der Waals surface area (Å²) in [6.07, 6.45) is 0. The Balaban J connectivity index is 2.34. The van der Waals surface area contributed by atoms with Crippen LogP contribution in [-0.2, 0) is 9.59 Å². The molecule has 124 valence electrons. The van der Waals surface area contributed by atoms with Crippen molar-refractivity contribution in [2.75, 3.05) is 0 Å². The fraction of sp³-hybridized carbons (Fsp3) is 0.167. The summed E-state index contributed by atoms with van der Waals surface area (Å²) in [5.41, 5.74) is 1.05. The minimum Gasteiger partial charge on any atom is -0.480 e. The highest BCUT2D eigenvalue weighted by Crippen LogP contribution is 2.28. The molecular weight excluding hydrogens is 326 g/mol. The molecule has 0 saturated carbocycles. The van der Waals surface area contributed by atoms with E-state index in [1.165, 1.54) is 6.92 Å². The van der Waals surface area contributed by atoms with Gasteiger partial charge in [0, 0.05) is 12.5 Å². The zero-order chi connectivity index (χ0) is 17.5. The second kappa shape index (κ2) is 8.31. The Morgan fingerprint density at radius 1 is 0.958 bits per heavy atom. The summed E-state index contributed by atoms with van der Waals surface area (Å²) in [4.78, 5) is 35.5. The number of nitrogens with one attached hydrogen (secondary N) is 1. The number of hydrogen-bond acceptors (Lipinski definition) is 4. The van der Waals surface area contributed by atoms with Crippen molar-refractivity contribution in [2.45, 2.75) is 18.2 Å². The minimum atomic E-state index is -1.16. The number of carbonyl (C=O) groups is 3. The first kappa shape index (κ1) is 17.7. The van der Waals surface area contributed by atoms with Crippen LogP contribution in [0, 0.1) is 0 Å².